The van der Waals surface area contributed by atoms with E-state index < -0.39 is 51.5 Å². The Balaban J connectivity index is 1.37. The van der Waals surface area contributed by atoms with E-state index in [1.807, 2.05) is 26.0 Å². The molecule has 1 atom stereocenters. The van der Waals surface area contributed by atoms with E-state index >= 15 is 8.78 Å². The zero-order valence-electron chi connectivity index (χ0n) is 20.5. The lowest BCUT2D eigenvalue weighted by Crippen LogP contribution is -2.76. The fraction of sp³-hybridized carbons (Fsp3) is 0.500. The predicted molar refractivity (Wildman–Crippen MR) is 124 cm³/mol. The van der Waals surface area contributed by atoms with Crippen molar-refractivity contribution in [3.05, 3.63) is 71.6 Å². The number of hydrogen-bond donors (Lipinski definition) is 2. The molecule has 0 aliphatic heterocycles. The first-order valence-corrected chi connectivity index (χ1v) is 12.0. The normalized spacial score (nSPS) is 24.6. The number of benzene rings is 2. The second kappa shape index (κ2) is 8.49. The Labute approximate surface area is 211 Å². The van der Waals surface area contributed by atoms with Crippen LogP contribution in [0.5, 0.6) is 5.75 Å². The van der Waals surface area contributed by atoms with E-state index in [-0.39, 0.29) is 25.9 Å². The topological polar surface area (TPSA) is 93.3 Å². The molecule has 2 N–H and O–H groups in total. The summed E-state index contributed by atoms with van der Waals surface area (Å²) in [7, 11) is 0. The number of aromatic nitrogens is 4. The average molecular weight is 521 g/mol. The Morgan fingerprint density at radius 3 is 2.30 bits per heavy atom. The van der Waals surface area contributed by atoms with Crippen molar-refractivity contribution in [1.29, 1.82) is 0 Å². The van der Waals surface area contributed by atoms with Gasteiger partial charge < -0.3 is 14.9 Å². The molecule has 1 unspecified atom stereocenters. The summed E-state index contributed by atoms with van der Waals surface area (Å²) in [6, 6.07) is 9.40. The largest absolute Gasteiger partial charge is 0.493 e. The van der Waals surface area contributed by atoms with E-state index in [1.54, 1.807) is 12.1 Å². The second-order valence-electron chi connectivity index (χ2n) is 11.3. The lowest BCUT2D eigenvalue weighted by molar-refractivity contribution is -0.347. The molecule has 3 aromatic rings. The fourth-order valence-electron chi connectivity index (χ4n) is 5.76. The van der Waals surface area contributed by atoms with Gasteiger partial charge in [-0.25, -0.2) is 22.2 Å². The van der Waals surface area contributed by atoms with E-state index in [2.05, 4.69) is 15.5 Å². The van der Waals surface area contributed by atoms with Gasteiger partial charge in [-0.2, -0.15) is 0 Å². The van der Waals surface area contributed by atoms with E-state index in [1.165, 1.54) is 0 Å². The summed E-state index contributed by atoms with van der Waals surface area (Å²) in [6.07, 6.45) is 1.36. The number of aliphatic hydroxyl groups excluding tert-OH is 1. The van der Waals surface area contributed by atoms with Gasteiger partial charge in [0.05, 0.1) is 19.8 Å². The van der Waals surface area contributed by atoms with Crippen LogP contribution < -0.4 is 4.74 Å². The maximum atomic E-state index is 16.3. The van der Waals surface area contributed by atoms with Crippen molar-refractivity contribution in [1.82, 2.24) is 20.2 Å². The molecule has 0 radical (unpaired) electrons. The van der Waals surface area contributed by atoms with Crippen LogP contribution in [0.1, 0.15) is 44.2 Å². The van der Waals surface area contributed by atoms with Crippen LogP contribution in [0.4, 0.5) is 17.6 Å². The smallest absolute Gasteiger partial charge is 0.287 e. The fourth-order valence-corrected chi connectivity index (χ4v) is 5.76. The highest BCUT2D eigenvalue weighted by Crippen LogP contribution is 2.80. The van der Waals surface area contributed by atoms with E-state index in [0.29, 0.717) is 18.4 Å². The van der Waals surface area contributed by atoms with Gasteiger partial charge in [-0.1, -0.05) is 26.0 Å². The number of aliphatic hydroxyl groups is 2. The van der Waals surface area contributed by atoms with Crippen LogP contribution in [0.15, 0.2) is 48.8 Å². The molecule has 1 heterocycles. The van der Waals surface area contributed by atoms with Crippen molar-refractivity contribution in [3.8, 4) is 5.75 Å². The van der Waals surface area contributed by atoms with Crippen LogP contribution in [0.3, 0.4) is 0 Å². The molecule has 0 spiro atoms. The van der Waals surface area contributed by atoms with Gasteiger partial charge in [-0.15, -0.1) is 5.10 Å². The van der Waals surface area contributed by atoms with Gasteiger partial charge in [0, 0.05) is 22.5 Å². The molecule has 3 fully saturated rings. The molecule has 2 bridgehead atoms. The van der Waals surface area contributed by atoms with Gasteiger partial charge in [0.25, 0.3) is 5.92 Å². The quantitative estimate of drug-likeness (QED) is 0.393. The molecular formula is C26H28F4N4O3. The van der Waals surface area contributed by atoms with Gasteiger partial charge >= 0.3 is 0 Å². The summed E-state index contributed by atoms with van der Waals surface area (Å²) in [4.78, 5) is 0. The minimum Gasteiger partial charge on any atom is -0.493 e. The van der Waals surface area contributed by atoms with Crippen molar-refractivity contribution < 1.29 is 32.5 Å². The molecule has 6 rings (SSSR count). The Kier molecular flexibility index (Phi) is 5.87. The highest BCUT2D eigenvalue weighted by Gasteiger charge is 2.82. The zero-order valence-corrected chi connectivity index (χ0v) is 20.5. The number of hydrogen-bond acceptors (Lipinski definition) is 6. The Hall–Kier alpha value is -3.05. The highest BCUT2D eigenvalue weighted by atomic mass is 19.3. The predicted octanol–water partition coefficient (Wildman–Crippen LogP) is 3.99. The molecule has 1 aromatic heterocycles. The van der Waals surface area contributed by atoms with E-state index in [9.17, 15) is 19.0 Å². The Bertz CT molecular complexity index is 1260. The third kappa shape index (κ3) is 3.99. The van der Waals surface area contributed by atoms with Crippen LogP contribution in [0.25, 0.3) is 0 Å². The van der Waals surface area contributed by atoms with Crippen LogP contribution in [-0.4, -0.2) is 49.6 Å². The molecule has 198 valence electrons. The van der Waals surface area contributed by atoms with Gasteiger partial charge in [-0.05, 0) is 64.9 Å². The number of halogens is 4. The molecule has 3 aliphatic carbocycles. The minimum absolute atomic E-state index is 0.0217. The summed E-state index contributed by atoms with van der Waals surface area (Å²) >= 11 is 0. The van der Waals surface area contributed by atoms with Gasteiger partial charge in [0.2, 0.25) is 0 Å². The molecule has 11 heteroatoms. The molecule has 3 aliphatic rings. The van der Waals surface area contributed by atoms with Crippen LogP contribution in [0, 0.1) is 22.5 Å². The van der Waals surface area contributed by atoms with E-state index in [0.717, 1.165) is 28.7 Å². The first-order chi connectivity index (χ1) is 17.4. The molecule has 3 saturated carbocycles. The molecule has 0 amide bonds. The molecule has 0 saturated heterocycles. The number of nitrogens with zero attached hydrogens (tertiary/aromatic N) is 4. The zero-order chi connectivity index (χ0) is 26.7. The SMILES string of the molecule is CC(C)(CO)COc1ccc(C23CC(C(F)(F)C(O)(Cn4cnnn4)c4ccc(F)cc4F)(C2)C3)cc1. The summed E-state index contributed by atoms with van der Waals surface area (Å²) in [6.45, 7) is 3.25. The summed E-state index contributed by atoms with van der Waals surface area (Å²) in [5.41, 5.74) is -5.26. The number of tetrazole rings is 1. The number of rotatable bonds is 10. The molecule has 7 nitrogen and oxygen atoms in total. The molecule has 2 aromatic carbocycles. The first kappa shape index (κ1) is 25.6. The van der Waals surface area contributed by atoms with Gasteiger partial charge in [-0.3, -0.25) is 0 Å². The Morgan fingerprint density at radius 1 is 1.05 bits per heavy atom. The van der Waals surface area contributed by atoms with Crippen LogP contribution in [-0.2, 0) is 17.6 Å². The Morgan fingerprint density at radius 2 is 1.73 bits per heavy atom. The molecule has 37 heavy (non-hydrogen) atoms. The lowest BCUT2D eigenvalue weighted by atomic mass is 9.30. The maximum Gasteiger partial charge on any atom is 0.287 e. The maximum absolute atomic E-state index is 16.3. The van der Waals surface area contributed by atoms with Crippen molar-refractivity contribution in [2.45, 2.75) is 56.6 Å². The van der Waals surface area contributed by atoms with Crippen LogP contribution in [0.2, 0.25) is 0 Å². The van der Waals surface area contributed by atoms with Crippen molar-refractivity contribution in [3.63, 3.8) is 0 Å². The molecular weight excluding hydrogens is 492 g/mol. The highest BCUT2D eigenvalue weighted by molar-refractivity contribution is 5.44. The summed E-state index contributed by atoms with van der Waals surface area (Å²) in [5.74, 6) is -5.37. The second-order valence-corrected chi connectivity index (χ2v) is 11.3. The number of ether oxygens (including phenoxy) is 1. The minimum atomic E-state index is -3.77. The average Bonchev–Trinajstić information content (AvgIpc) is 3.29. The monoisotopic (exact) mass is 520 g/mol. The van der Waals surface area contributed by atoms with Crippen molar-refractivity contribution in [2.24, 2.45) is 10.8 Å². The first-order valence-electron chi connectivity index (χ1n) is 12.0. The summed E-state index contributed by atoms with van der Waals surface area (Å²) in [5, 5.41) is 31.2. The van der Waals surface area contributed by atoms with Crippen molar-refractivity contribution in [2.75, 3.05) is 13.2 Å². The lowest BCUT2D eigenvalue weighted by Gasteiger charge is -2.74. The standard InChI is InChI=1S/C26H28F4N4O3/c1-22(2,14-35)15-37-19-6-3-17(4-7-19)23-10-24(11-23,12-23)26(29,30)25(36,13-34-16-31-32-33-34)20-8-5-18(27)9-21(20)28/h3-9,16,35-36H,10-15H2,1-2H3. The van der Waals surface area contributed by atoms with Crippen molar-refractivity contribution >= 4 is 0 Å². The number of alkyl halides is 2. The van der Waals surface area contributed by atoms with E-state index in [4.69, 9.17) is 4.74 Å². The van der Waals surface area contributed by atoms with Gasteiger partial charge in [0.15, 0.2) is 5.60 Å². The summed E-state index contributed by atoms with van der Waals surface area (Å²) < 4.78 is 67.5. The third-order valence-corrected chi connectivity index (χ3v) is 7.90. The van der Waals surface area contributed by atoms with Gasteiger partial charge in [0.1, 0.15) is 23.7 Å². The van der Waals surface area contributed by atoms with Crippen LogP contribution >= 0.6 is 0 Å². The third-order valence-electron chi connectivity index (χ3n) is 7.90.